The van der Waals surface area contributed by atoms with Gasteiger partial charge in [0.25, 0.3) is 0 Å². The maximum absolute atomic E-state index is 12.6. The van der Waals surface area contributed by atoms with Gasteiger partial charge in [-0.3, -0.25) is 4.79 Å². The van der Waals surface area contributed by atoms with E-state index in [1.165, 1.54) is 10.6 Å². The van der Waals surface area contributed by atoms with Crippen molar-refractivity contribution in [2.24, 2.45) is 5.92 Å². The standard InChI is InChI=1S/C17H26N2O4S/c1-4-16(13-7-9-15(23-2)10-8-13)18-17(20)14-6-5-11-19(12-14)24(3,21)22/h7-10,14,16H,4-6,11-12H2,1-3H3,(H,18,20)/t14-,16-/m1/s1. The van der Waals surface area contributed by atoms with E-state index in [1.54, 1.807) is 7.11 Å². The number of ether oxygens (including phenoxy) is 1. The number of benzene rings is 1. The third-order valence-corrected chi connectivity index (χ3v) is 5.74. The lowest BCUT2D eigenvalue weighted by atomic mass is 9.97. The van der Waals surface area contributed by atoms with Crippen LogP contribution in [-0.4, -0.2) is 45.1 Å². The molecule has 1 aromatic rings. The second-order valence-electron chi connectivity index (χ2n) is 6.20. The summed E-state index contributed by atoms with van der Waals surface area (Å²) >= 11 is 0. The molecule has 1 amide bonds. The van der Waals surface area contributed by atoms with Gasteiger partial charge in [0, 0.05) is 13.1 Å². The van der Waals surface area contributed by atoms with Crippen molar-refractivity contribution in [1.29, 1.82) is 0 Å². The van der Waals surface area contributed by atoms with Crippen molar-refractivity contribution in [2.75, 3.05) is 26.5 Å². The second-order valence-corrected chi connectivity index (χ2v) is 8.19. The first-order valence-corrected chi connectivity index (χ1v) is 10.1. The van der Waals surface area contributed by atoms with Crippen molar-refractivity contribution >= 4 is 15.9 Å². The van der Waals surface area contributed by atoms with Crippen LogP contribution >= 0.6 is 0 Å². The molecule has 1 fully saturated rings. The lowest BCUT2D eigenvalue weighted by Crippen LogP contribution is -2.45. The summed E-state index contributed by atoms with van der Waals surface area (Å²) in [6.07, 6.45) is 3.39. The number of carbonyl (C=O) groups is 1. The molecule has 0 unspecified atom stereocenters. The highest BCUT2D eigenvalue weighted by Crippen LogP contribution is 2.23. The lowest BCUT2D eigenvalue weighted by Gasteiger charge is -2.31. The Balaban J connectivity index is 2.03. The molecule has 0 saturated carbocycles. The van der Waals surface area contributed by atoms with Crippen molar-refractivity contribution in [2.45, 2.75) is 32.2 Å². The zero-order valence-electron chi connectivity index (χ0n) is 14.5. The van der Waals surface area contributed by atoms with E-state index in [-0.39, 0.29) is 24.4 Å². The molecule has 1 N–H and O–H groups in total. The summed E-state index contributed by atoms with van der Waals surface area (Å²) in [5.41, 5.74) is 1.02. The summed E-state index contributed by atoms with van der Waals surface area (Å²) in [5, 5.41) is 3.06. The molecule has 2 atom stereocenters. The second kappa shape index (κ2) is 7.98. The molecule has 134 valence electrons. The number of hydrogen-bond donors (Lipinski definition) is 1. The molecular weight excluding hydrogens is 328 g/mol. The molecule has 6 nitrogen and oxygen atoms in total. The van der Waals surface area contributed by atoms with Crippen LogP contribution in [0.2, 0.25) is 0 Å². The molecule has 0 bridgehead atoms. The largest absolute Gasteiger partial charge is 0.497 e. The highest BCUT2D eigenvalue weighted by atomic mass is 32.2. The van der Waals surface area contributed by atoms with Crippen LogP contribution in [0, 0.1) is 5.92 Å². The Hall–Kier alpha value is -1.60. The Kier molecular flexibility index (Phi) is 6.23. The Morgan fingerprint density at radius 3 is 2.58 bits per heavy atom. The van der Waals surface area contributed by atoms with Gasteiger partial charge in [0.2, 0.25) is 15.9 Å². The summed E-state index contributed by atoms with van der Waals surface area (Å²) in [7, 11) is -1.63. The molecule has 0 radical (unpaired) electrons. The van der Waals surface area contributed by atoms with E-state index in [4.69, 9.17) is 4.74 Å². The number of methoxy groups -OCH3 is 1. The van der Waals surface area contributed by atoms with Gasteiger partial charge >= 0.3 is 0 Å². The van der Waals surface area contributed by atoms with Crippen molar-refractivity contribution in [1.82, 2.24) is 9.62 Å². The van der Waals surface area contributed by atoms with Gasteiger partial charge in [-0.05, 0) is 37.0 Å². The number of carbonyl (C=O) groups excluding carboxylic acids is 1. The van der Waals surface area contributed by atoms with E-state index in [0.717, 1.165) is 24.2 Å². The number of nitrogens with one attached hydrogen (secondary N) is 1. The van der Waals surface area contributed by atoms with Crippen LogP contribution in [0.5, 0.6) is 5.75 Å². The van der Waals surface area contributed by atoms with Crippen LogP contribution in [0.3, 0.4) is 0 Å². The van der Waals surface area contributed by atoms with Gasteiger partial charge in [-0.1, -0.05) is 19.1 Å². The smallest absolute Gasteiger partial charge is 0.224 e. The van der Waals surface area contributed by atoms with Crippen LogP contribution in [0.15, 0.2) is 24.3 Å². The van der Waals surface area contributed by atoms with Crippen LogP contribution in [0.1, 0.15) is 37.8 Å². The fourth-order valence-electron chi connectivity index (χ4n) is 3.00. The van der Waals surface area contributed by atoms with Gasteiger partial charge in [0.1, 0.15) is 5.75 Å². The molecule has 0 aliphatic carbocycles. The minimum absolute atomic E-state index is 0.0778. The van der Waals surface area contributed by atoms with Crippen LogP contribution in [-0.2, 0) is 14.8 Å². The quantitative estimate of drug-likeness (QED) is 0.847. The van der Waals surface area contributed by atoms with Gasteiger partial charge in [-0.15, -0.1) is 0 Å². The van der Waals surface area contributed by atoms with E-state index in [2.05, 4.69) is 5.32 Å². The zero-order chi connectivity index (χ0) is 17.7. The Morgan fingerprint density at radius 2 is 2.04 bits per heavy atom. The maximum Gasteiger partial charge on any atom is 0.224 e. The predicted molar refractivity (Wildman–Crippen MR) is 93.3 cm³/mol. The highest BCUT2D eigenvalue weighted by Gasteiger charge is 2.31. The van der Waals surface area contributed by atoms with E-state index in [1.807, 2.05) is 31.2 Å². The number of rotatable bonds is 6. The number of amides is 1. The molecule has 0 aromatic heterocycles. The first-order chi connectivity index (χ1) is 11.3. The topological polar surface area (TPSA) is 75.7 Å². The molecule has 1 saturated heterocycles. The molecule has 0 spiro atoms. The zero-order valence-corrected chi connectivity index (χ0v) is 15.3. The molecule has 24 heavy (non-hydrogen) atoms. The predicted octanol–water partition coefficient (Wildman–Crippen LogP) is 1.93. The molecule has 1 aliphatic heterocycles. The van der Waals surface area contributed by atoms with E-state index in [9.17, 15) is 13.2 Å². The van der Waals surface area contributed by atoms with Crippen molar-refractivity contribution < 1.29 is 17.9 Å². The van der Waals surface area contributed by atoms with Crippen LogP contribution in [0.25, 0.3) is 0 Å². The lowest BCUT2D eigenvalue weighted by molar-refractivity contribution is -0.126. The van der Waals surface area contributed by atoms with Crippen LogP contribution < -0.4 is 10.1 Å². The van der Waals surface area contributed by atoms with E-state index >= 15 is 0 Å². The fraction of sp³-hybridized carbons (Fsp3) is 0.588. The Morgan fingerprint density at radius 1 is 1.38 bits per heavy atom. The van der Waals surface area contributed by atoms with Crippen molar-refractivity contribution in [3.63, 3.8) is 0 Å². The molecule has 2 rings (SSSR count). The van der Waals surface area contributed by atoms with Gasteiger partial charge in [0.15, 0.2) is 0 Å². The maximum atomic E-state index is 12.6. The van der Waals surface area contributed by atoms with E-state index in [0.29, 0.717) is 13.0 Å². The molecule has 1 heterocycles. The van der Waals surface area contributed by atoms with Gasteiger partial charge in [-0.25, -0.2) is 12.7 Å². The van der Waals surface area contributed by atoms with Gasteiger partial charge in [0.05, 0.1) is 25.3 Å². The minimum Gasteiger partial charge on any atom is -0.497 e. The highest BCUT2D eigenvalue weighted by molar-refractivity contribution is 7.88. The average Bonchev–Trinajstić information content (AvgIpc) is 2.59. The van der Waals surface area contributed by atoms with Crippen LogP contribution in [0.4, 0.5) is 0 Å². The Labute approximate surface area is 144 Å². The van der Waals surface area contributed by atoms with Crippen molar-refractivity contribution in [3.8, 4) is 5.75 Å². The third kappa shape index (κ3) is 4.70. The first kappa shape index (κ1) is 18.7. The Bertz CT molecular complexity index is 658. The third-order valence-electron chi connectivity index (χ3n) is 4.47. The number of nitrogens with zero attached hydrogens (tertiary/aromatic N) is 1. The average molecular weight is 354 g/mol. The summed E-state index contributed by atoms with van der Waals surface area (Å²) < 4.78 is 29.9. The molecule has 7 heteroatoms. The first-order valence-electron chi connectivity index (χ1n) is 8.24. The fourth-order valence-corrected chi connectivity index (χ4v) is 3.92. The number of sulfonamides is 1. The molecular formula is C17H26N2O4S. The molecule has 1 aromatic carbocycles. The number of piperidine rings is 1. The monoisotopic (exact) mass is 354 g/mol. The van der Waals surface area contributed by atoms with Gasteiger partial charge < -0.3 is 10.1 Å². The van der Waals surface area contributed by atoms with E-state index < -0.39 is 10.0 Å². The summed E-state index contributed by atoms with van der Waals surface area (Å²) in [5.74, 6) is 0.405. The SMILES string of the molecule is CC[C@@H](NC(=O)[C@@H]1CCCN(S(C)(=O)=O)C1)c1ccc(OC)cc1. The summed E-state index contributed by atoms with van der Waals surface area (Å²) in [4.78, 5) is 12.6. The molecule has 1 aliphatic rings. The normalized spacial score (nSPS) is 20.4. The summed E-state index contributed by atoms with van der Waals surface area (Å²) in [6, 6.07) is 7.54. The minimum atomic E-state index is -3.25. The number of hydrogen-bond acceptors (Lipinski definition) is 4. The van der Waals surface area contributed by atoms with Crippen molar-refractivity contribution in [3.05, 3.63) is 29.8 Å². The summed E-state index contributed by atoms with van der Waals surface area (Å²) in [6.45, 7) is 2.78. The van der Waals surface area contributed by atoms with Gasteiger partial charge in [-0.2, -0.15) is 0 Å².